The van der Waals surface area contributed by atoms with Gasteiger partial charge in [0.2, 0.25) is 0 Å². The van der Waals surface area contributed by atoms with Gasteiger partial charge in [-0.1, -0.05) is 36.4 Å². The van der Waals surface area contributed by atoms with E-state index in [0.717, 1.165) is 28.1 Å². The Hall–Kier alpha value is -2.77. The quantitative estimate of drug-likeness (QED) is 0.602. The van der Waals surface area contributed by atoms with Gasteiger partial charge in [-0.15, -0.1) is 11.8 Å². The maximum absolute atomic E-state index is 11.5. The molecule has 0 bridgehead atoms. The van der Waals surface area contributed by atoms with Crippen LogP contribution in [-0.4, -0.2) is 38.6 Å². The Labute approximate surface area is 179 Å². The van der Waals surface area contributed by atoms with Crippen molar-refractivity contribution in [2.45, 2.75) is 32.5 Å². The predicted molar refractivity (Wildman–Crippen MR) is 116 cm³/mol. The summed E-state index contributed by atoms with van der Waals surface area (Å²) >= 11 is 1.65. The normalized spacial score (nSPS) is 17.7. The maximum Gasteiger partial charge on any atom is 0.321 e. The third kappa shape index (κ3) is 4.37. The van der Waals surface area contributed by atoms with Crippen LogP contribution in [0, 0.1) is 13.8 Å². The molecule has 0 spiro atoms. The Morgan fingerprint density at radius 2 is 2.13 bits per heavy atom. The van der Waals surface area contributed by atoms with Crippen LogP contribution in [0.1, 0.15) is 34.2 Å². The van der Waals surface area contributed by atoms with Gasteiger partial charge in [-0.05, 0) is 37.1 Å². The molecule has 1 aromatic heterocycles. The van der Waals surface area contributed by atoms with E-state index in [4.69, 9.17) is 9.15 Å². The minimum absolute atomic E-state index is 0.394. The first kappa shape index (κ1) is 20.5. The molecule has 6 nitrogen and oxygen atoms in total. The summed E-state index contributed by atoms with van der Waals surface area (Å²) in [5, 5.41) is 9.42. The number of hydrogen-bond acceptors (Lipinski definition) is 6. The number of aromatic nitrogens is 1. The van der Waals surface area contributed by atoms with E-state index in [1.807, 2.05) is 54.3 Å². The average Bonchev–Trinajstić information content (AvgIpc) is 3.36. The second-order valence-electron chi connectivity index (χ2n) is 7.40. The average molecular weight is 425 g/mol. The lowest BCUT2D eigenvalue weighted by Crippen LogP contribution is -2.37. The Bertz CT molecular complexity index is 1040. The van der Waals surface area contributed by atoms with Crippen molar-refractivity contribution in [3.8, 4) is 5.75 Å². The summed E-state index contributed by atoms with van der Waals surface area (Å²) in [5.74, 6) is 1.99. The number of aryl methyl sites for hydroxylation is 2. The Kier molecular flexibility index (Phi) is 6.11. The van der Waals surface area contributed by atoms with Gasteiger partial charge in [0.25, 0.3) is 0 Å². The first-order valence-electron chi connectivity index (χ1n) is 9.78. The standard InChI is InChI=1S/C23H24N2O4S/c1-15-6-3-4-9-19(15)22(21-16(2)28-13-24-21)29-18-8-5-7-17(10-18)11-25-14-30-12-20(25)23(26)27/h3-10,13,20,22H,11-12,14H2,1-2H3,(H,26,27)/t20?,22-/m1/s1. The van der Waals surface area contributed by atoms with Crippen LogP contribution in [0.25, 0.3) is 0 Å². The third-order valence-corrected chi connectivity index (χ3v) is 6.36. The van der Waals surface area contributed by atoms with E-state index in [1.165, 1.54) is 6.39 Å². The summed E-state index contributed by atoms with van der Waals surface area (Å²) in [6.45, 7) is 4.50. The van der Waals surface area contributed by atoms with Gasteiger partial charge >= 0.3 is 5.97 Å². The van der Waals surface area contributed by atoms with Crippen LogP contribution in [-0.2, 0) is 11.3 Å². The van der Waals surface area contributed by atoms with E-state index in [1.54, 1.807) is 11.8 Å². The lowest BCUT2D eigenvalue weighted by atomic mass is 10.00. The van der Waals surface area contributed by atoms with E-state index in [-0.39, 0.29) is 0 Å². The zero-order chi connectivity index (χ0) is 21.1. The van der Waals surface area contributed by atoms with Gasteiger partial charge in [-0.2, -0.15) is 0 Å². The number of nitrogens with zero attached hydrogens (tertiary/aromatic N) is 2. The summed E-state index contributed by atoms with van der Waals surface area (Å²) in [6, 6.07) is 15.5. The van der Waals surface area contributed by atoms with Crippen molar-refractivity contribution in [2.75, 3.05) is 11.6 Å². The Balaban J connectivity index is 1.60. The highest BCUT2D eigenvalue weighted by Crippen LogP contribution is 2.32. The van der Waals surface area contributed by atoms with E-state index in [9.17, 15) is 9.90 Å². The molecule has 30 heavy (non-hydrogen) atoms. The van der Waals surface area contributed by atoms with Crippen LogP contribution in [0.5, 0.6) is 5.75 Å². The molecule has 7 heteroatoms. The predicted octanol–water partition coefficient (Wildman–Crippen LogP) is 4.42. The highest BCUT2D eigenvalue weighted by atomic mass is 32.2. The lowest BCUT2D eigenvalue weighted by Gasteiger charge is -2.22. The van der Waals surface area contributed by atoms with E-state index >= 15 is 0 Å². The smallest absolute Gasteiger partial charge is 0.321 e. The minimum Gasteiger partial charge on any atom is -0.480 e. The van der Waals surface area contributed by atoms with Gasteiger partial charge in [0.05, 0.1) is 0 Å². The van der Waals surface area contributed by atoms with Gasteiger partial charge < -0.3 is 14.3 Å². The number of carboxylic acid groups (broad SMARTS) is 1. The molecule has 1 fully saturated rings. The number of thioether (sulfide) groups is 1. The molecule has 0 radical (unpaired) electrons. The van der Waals surface area contributed by atoms with Crippen LogP contribution in [0.4, 0.5) is 0 Å². The number of carbonyl (C=O) groups is 1. The number of oxazole rings is 1. The van der Waals surface area contributed by atoms with Crippen LogP contribution in [0.2, 0.25) is 0 Å². The monoisotopic (exact) mass is 424 g/mol. The highest BCUT2D eigenvalue weighted by molar-refractivity contribution is 7.99. The minimum atomic E-state index is -0.770. The molecule has 2 heterocycles. The number of ether oxygens (including phenoxy) is 1. The van der Waals surface area contributed by atoms with Gasteiger partial charge in [-0.3, -0.25) is 9.69 Å². The Morgan fingerprint density at radius 1 is 1.30 bits per heavy atom. The zero-order valence-electron chi connectivity index (χ0n) is 16.9. The molecule has 4 rings (SSSR count). The van der Waals surface area contributed by atoms with Gasteiger partial charge in [0, 0.05) is 23.7 Å². The summed E-state index contributed by atoms with van der Waals surface area (Å²) in [4.78, 5) is 17.8. The van der Waals surface area contributed by atoms with Crippen molar-refractivity contribution in [3.63, 3.8) is 0 Å². The summed E-state index contributed by atoms with van der Waals surface area (Å²) in [6.07, 6.45) is 1.04. The molecular weight excluding hydrogens is 400 g/mol. The highest BCUT2D eigenvalue weighted by Gasteiger charge is 2.31. The molecule has 156 valence electrons. The van der Waals surface area contributed by atoms with Gasteiger partial charge in [-0.25, -0.2) is 4.98 Å². The number of aliphatic carboxylic acids is 1. The number of rotatable bonds is 7. The first-order valence-corrected chi connectivity index (χ1v) is 10.9. The fraction of sp³-hybridized carbons (Fsp3) is 0.304. The zero-order valence-corrected chi connectivity index (χ0v) is 17.8. The van der Waals surface area contributed by atoms with Crippen LogP contribution >= 0.6 is 11.8 Å². The summed E-state index contributed by atoms with van der Waals surface area (Å²) in [5.41, 5.74) is 3.90. The maximum atomic E-state index is 11.5. The first-order chi connectivity index (χ1) is 14.5. The SMILES string of the molecule is Cc1ccccc1[C@@H](Oc1cccc(CN2CSCC2C(=O)O)c1)c1ncoc1C. The molecule has 2 atom stereocenters. The van der Waals surface area contributed by atoms with Crippen molar-refractivity contribution in [1.82, 2.24) is 9.88 Å². The molecule has 1 aliphatic rings. The number of carboxylic acids is 1. The number of benzene rings is 2. The lowest BCUT2D eigenvalue weighted by molar-refractivity contribution is -0.141. The van der Waals surface area contributed by atoms with Crippen molar-refractivity contribution >= 4 is 17.7 Å². The number of hydrogen-bond donors (Lipinski definition) is 1. The van der Waals surface area contributed by atoms with E-state index in [0.29, 0.717) is 23.9 Å². The molecule has 1 unspecified atom stereocenters. The van der Waals surface area contributed by atoms with Crippen molar-refractivity contribution in [1.29, 1.82) is 0 Å². The molecule has 3 aromatic rings. The van der Waals surface area contributed by atoms with Crippen LogP contribution in [0.15, 0.2) is 59.3 Å². The topological polar surface area (TPSA) is 75.8 Å². The molecule has 0 aliphatic carbocycles. The largest absolute Gasteiger partial charge is 0.480 e. The van der Waals surface area contributed by atoms with Crippen LogP contribution in [0.3, 0.4) is 0 Å². The second-order valence-corrected chi connectivity index (χ2v) is 8.40. The molecule has 2 aromatic carbocycles. The van der Waals surface area contributed by atoms with E-state index < -0.39 is 18.1 Å². The molecule has 1 saturated heterocycles. The Morgan fingerprint density at radius 3 is 2.87 bits per heavy atom. The van der Waals surface area contributed by atoms with Crippen LogP contribution < -0.4 is 4.74 Å². The fourth-order valence-corrected chi connectivity index (χ4v) is 4.85. The van der Waals surface area contributed by atoms with E-state index in [2.05, 4.69) is 18.0 Å². The molecule has 0 amide bonds. The molecule has 0 saturated carbocycles. The van der Waals surface area contributed by atoms with Crippen molar-refractivity contribution < 1.29 is 19.1 Å². The fourth-order valence-electron chi connectivity index (χ4n) is 3.66. The second kappa shape index (κ2) is 8.93. The third-order valence-electron chi connectivity index (χ3n) is 5.30. The summed E-state index contributed by atoms with van der Waals surface area (Å²) < 4.78 is 11.9. The molecule has 1 N–H and O–H groups in total. The van der Waals surface area contributed by atoms with Gasteiger partial charge in [0.1, 0.15) is 23.2 Å². The molecular formula is C23H24N2O4S. The molecule has 1 aliphatic heterocycles. The van der Waals surface area contributed by atoms with Gasteiger partial charge in [0.15, 0.2) is 12.5 Å². The summed E-state index contributed by atoms with van der Waals surface area (Å²) in [7, 11) is 0. The van der Waals surface area contributed by atoms with Crippen molar-refractivity contribution in [2.24, 2.45) is 0 Å². The van der Waals surface area contributed by atoms with Crippen molar-refractivity contribution in [3.05, 3.63) is 83.1 Å².